The minimum absolute atomic E-state index is 0.0692. The summed E-state index contributed by atoms with van der Waals surface area (Å²) < 4.78 is 31.6. The fourth-order valence-corrected chi connectivity index (χ4v) is 3.32. The van der Waals surface area contributed by atoms with E-state index in [4.69, 9.17) is 34.8 Å². The Morgan fingerprint density at radius 3 is 2.59 bits per heavy atom. The Labute approximate surface area is 187 Å². The maximum atomic E-state index is 12.6. The van der Waals surface area contributed by atoms with Crippen LogP contribution in [0.15, 0.2) is 47.1 Å². The number of hydrogen-bond donors (Lipinski definition) is 1. The third-order valence-electron chi connectivity index (χ3n) is 3.68. The molecule has 0 unspecified atom stereocenters. The number of nitrogens with one attached hydrogen (secondary N) is 1. The predicted octanol–water partition coefficient (Wildman–Crippen LogP) is 6.51. The Balaban J connectivity index is 1.80. The van der Waals surface area contributed by atoms with Crippen molar-refractivity contribution >= 4 is 62.5 Å². The van der Waals surface area contributed by atoms with E-state index in [0.717, 1.165) is 5.56 Å². The number of ether oxygens (including phenoxy) is 1. The maximum absolute atomic E-state index is 12.6. The van der Waals surface area contributed by atoms with E-state index in [1.807, 2.05) is 0 Å². The normalized spacial score (nSPS) is 11.0. The van der Waals surface area contributed by atoms with Crippen LogP contribution >= 0.6 is 50.7 Å². The maximum Gasteiger partial charge on any atom is 0.387 e. The lowest BCUT2D eigenvalue weighted by Crippen LogP contribution is -2.16. The van der Waals surface area contributed by atoms with Crippen LogP contribution in [0.5, 0.6) is 5.75 Å². The fraction of sp³-hybridized carbons (Fsp3) is 0.111. The SMILES string of the molecule is O=C(Nc1nn(Cc2ccc(Cl)c(Cl)c2)cc1Cl)c1cc(Br)ccc1OC(F)F. The Morgan fingerprint density at radius 1 is 1.14 bits per heavy atom. The Kier molecular flexibility index (Phi) is 7.00. The molecule has 1 amide bonds. The molecule has 0 radical (unpaired) electrons. The molecule has 1 N–H and O–H groups in total. The molecule has 3 rings (SSSR count). The molecule has 2 aromatic carbocycles. The van der Waals surface area contributed by atoms with E-state index in [1.54, 1.807) is 18.2 Å². The van der Waals surface area contributed by atoms with Crippen molar-refractivity contribution in [2.24, 2.45) is 0 Å². The predicted molar refractivity (Wildman–Crippen MR) is 112 cm³/mol. The molecule has 152 valence electrons. The second-order valence-corrected chi connectivity index (χ2v) is 7.88. The highest BCUT2D eigenvalue weighted by molar-refractivity contribution is 9.10. The summed E-state index contributed by atoms with van der Waals surface area (Å²) in [5, 5.41) is 7.71. The van der Waals surface area contributed by atoms with Crippen molar-refractivity contribution in [1.82, 2.24) is 9.78 Å². The van der Waals surface area contributed by atoms with Crippen molar-refractivity contribution in [3.8, 4) is 5.75 Å². The van der Waals surface area contributed by atoms with Gasteiger partial charge in [0, 0.05) is 10.7 Å². The van der Waals surface area contributed by atoms with Crippen LogP contribution in [-0.2, 0) is 6.54 Å². The van der Waals surface area contributed by atoms with Crippen LogP contribution in [0.2, 0.25) is 15.1 Å². The standard InChI is InChI=1S/C18H11BrCl3F2N3O2/c19-10-2-4-15(29-18(23)24)11(6-10)17(28)25-16-14(22)8-27(26-16)7-9-1-3-12(20)13(21)5-9/h1-6,8,18H,7H2,(H,25,26,28). The number of hydrogen-bond acceptors (Lipinski definition) is 3. The second-order valence-electron chi connectivity index (χ2n) is 5.74. The molecule has 29 heavy (non-hydrogen) atoms. The summed E-state index contributed by atoms with van der Waals surface area (Å²) in [6.07, 6.45) is 1.51. The lowest BCUT2D eigenvalue weighted by Gasteiger charge is -2.11. The Bertz CT molecular complexity index is 1060. The topological polar surface area (TPSA) is 56.2 Å². The van der Waals surface area contributed by atoms with Gasteiger partial charge in [-0.3, -0.25) is 9.48 Å². The van der Waals surface area contributed by atoms with E-state index >= 15 is 0 Å². The molecule has 0 saturated heterocycles. The molecule has 0 saturated carbocycles. The van der Waals surface area contributed by atoms with E-state index in [9.17, 15) is 13.6 Å². The Morgan fingerprint density at radius 2 is 1.90 bits per heavy atom. The molecule has 0 aliphatic carbocycles. The number of carbonyl (C=O) groups is 1. The summed E-state index contributed by atoms with van der Waals surface area (Å²) in [5.41, 5.74) is 0.714. The molecule has 1 heterocycles. The molecule has 0 atom stereocenters. The van der Waals surface area contributed by atoms with Gasteiger partial charge in [-0.2, -0.15) is 13.9 Å². The highest BCUT2D eigenvalue weighted by Crippen LogP contribution is 2.28. The zero-order valence-electron chi connectivity index (χ0n) is 14.3. The smallest absolute Gasteiger partial charge is 0.387 e. The summed E-state index contributed by atoms with van der Waals surface area (Å²) in [4.78, 5) is 12.6. The minimum Gasteiger partial charge on any atom is -0.434 e. The van der Waals surface area contributed by atoms with Crippen molar-refractivity contribution < 1.29 is 18.3 Å². The molecule has 3 aromatic rings. The van der Waals surface area contributed by atoms with Crippen LogP contribution in [0.4, 0.5) is 14.6 Å². The quantitative estimate of drug-likeness (QED) is 0.399. The highest BCUT2D eigenvalue weighted by atomic mass is 79.9. The van der Waals surface area contributed by atoms with Gasteiger partial charge in [0.1, 0.15) is 10.8 Å². The summed E-state index contributed by atoms with van der Waals surface area (Å²) in [7, 11) is 0. The van der Waals surface area contributed by atoms with Crippen LogP contribution in [-0.4, -0.2) is 22.3 Å². The minimum atomic E-state index is -3.07. The molecule has 11 heteroatoms. The third-order valence-corrected chi connectivity index (χ3v) is 5.19. The molecule has 0 aliphatic heterocycles. The van der Waals surface area contributed by atoms with E-state index in [2.05, 4.69) is 31.1 Å². The van der Waals surface area contributed by atoms with Crippen molar-refractivity contribution in [1.29, 1.82) is 0 Å². The van der Waals surface area contributed by atoms with E-state index in [0.29, 0.717) is 21.1 Å². The first-order chi connectivity index (χ1) is 13.7. The molecule has 5 nitrogen and oxygen atoms in total. The van der Waals surface area contributed by atoms with Gasteiger partial charge >= 0.3 is 6.61 Å². The van der Waals surface area contributed by atoms with Gasteiger partial charge in [-0.25, -0.2) is 0 Å². The third kappa shape index (κ3) is 5.60. The van der Waals surface area contributed by atoms with E-state index < -0.39 is 12.5 Å². The number of benzene rings is 2. The number of rotatable bonds is 6. The van der Waals surface area contributed by atoms with Gasteiger partial charge in [0.25, 0.3) is 5.91 Å². The molecular weight excluding hydrogens is 514 g/mol. The molecule has 1 aromatic heterocycles. The number of aromatic nitrogens is 2. The van der Waals surface area contributed by atoms with Crippen LogP contribution in [0.25, 0.3) is 0 Å². The van der Waals surface area contributed by atoms with Crippen molar-refractivity contribution in [3.63, 3.8) is 0 Å². The first-order valence-corrected chi connectivity index (χ1v) is 9.88. The number of halogens is 6. The average Bonchev–Trinajstić information content (AvgIpc) is 2.98. The van der Waals surface area contributed by atoms with Crippen LogP contribution in [0.1, 0.15) is 15.9 Å². The van der Waals surface area contributed by atoms with Crippen LogP contribution in [0, 0.1) is 0 Å². The van der Waals surface area contributed by atoms with Gasteiger partial charge < -0.3 is 10.1 Å². The zero-order valence-corrected chi connectivity index (χ0v) is 18.2. The zero-order chi connectivity index (χ0) is 21.1. The molecule has 0 bridgehead atoms. The molecule has 0 aliphatic rings. The van der Waals surface area contributed by atoms with E-state index in [-0.39, 0.29) is 22.2 Å². The van der Waals surface area contributed by atoms with Gasteiger partial charge in [0.2, 0.25) is 0 Å². The fourth-order valence-electron chi connectivity index (χ4n) is 2.44. The summed E-state index contributed by atoms with van der Waals surface area (Å²) in [6, 6.07) is 9.21. The van der Waals surface area contributed by atoms with Crippen LogP contribution < -0.4 is 10.1 Å². The molecular formula is C18H11BrCl3F2N3O2. The Hall–Kier alpha value is -1.87. The lowest BCUT2D eigenvalue weighted by molar-refractivity contribution is -0.0501. The second kappa shape index (κ2) is 9.30. The van der Waals surface area contributed by atoms with Crippen molar-refractivity contribution in [3.05, 3.63) is 73.3 Å². The first-order valence-electron chi connectivity index (χ1n) is 7.95. The van der Waals surface area contributed by atoms with Gasteiger partial charge in [0.15, 0.2) is 5.82 Å². The average molecular weight is 526 g/mol. The van der Waals surface area contributed by atoms with Gasteiger partial charge in [-0.15, -0.1) is 0 Å². The molecule has 0 spiro atoms. The van der Waals surface area contributed by atoms with Gasteiger partial charge in [-0.05, 0) is 35.9 Å². The summed E-state index contributed by atoms with van der Waals surface area (Å²) in [6.45, 7) is -2.75. The summed E-state index contributed by atoms with van der Waals surface area (Å²) >= 11 is 21.2. The summed E-state index contributed by atoms with van der Waals surface area (Å²) in [5.74, 6) is -0.907. The number of amides is 1. The van der Waals surface area contributed by atoms with Gasteiger partial charge in [0.05, 0.1) is 22.2 Å². The van der Waals surface area contributed by atoms with Crippen molar-refractivity contribution in [2.45, 2.75) is 13.2 Å². The van der Waals surface area contributed by atoms with E-state index in [1.165, 1.54) is 29.1 Å². The number of alkyl halides is 2. The lowest BCUT2D eigenvalue weighted by atomic mass is 10.2. The monoisotopic (exact) mass is 523 g/mol. The largest absolute Gasteiger partial charge is 0.434 e. The number of nitrogens with zero attached hydrogens (tertiary/aromatic N) is 2. The highest BCUT2D eigenvalue weighted by Gasteiger charge is 2.19. The van der Waals surface area contributed by atoms with Gasteiger partial charge in [-0.1, -0.05) is 56.8 Å². The number of carbonyl (C=O) groups excluding carboxylic acids is 1. The van der Waals surface area contributed by atoms with Crippen molar-refractivity contribution in [2.75, 3.05) is 5.32 Å². The number of anilines is 1. The first kappa shape index (κ1) is 21.8. The molecule has 0 fully saturated rings. The van der Waals surface area contributed by atoms with Crippen LogP contribution in [0.3, 0.4) is 0 Å².